The van der Waals surface area contributed by atoms with Crippen LogP contribution in [-0.4, -0.2) is 39.7 Å². The number of urea groups is 1. The van der Waals surface area contributed by atoms with Gasteiger partial charge in [-0.25, -0.2) is 9.48 Å². The number of benzene rings is 2. The smallest absolute Gasteiger partial charge is 0.321 e. The quantitative estimate of drug-likeness (QED) is 0.637. The van der Waals surface area contributed by atoms with Gasteiger partial charge in [-0.05, 0) is 74.4 Å². The number of aryl methyl sites for hydroxylation is 1. The lowest BCUT2D eigenvalue weighted by molar-refractivity contribution is 0.102. The Morgan fingerprint density at radius 2 is 1.42 bits per heavy atom. The van der Waals surface area contributed by atoms with E-state index in [1.165, 1.54) is 12.8 Å². The Labute approximate surface area is 182 Å². The first-order valence-electron chi connectivity index (χ1n) is 10.7. The summed E-state index contributed by atoms with van der Waals surface area (Å²) in [6.45, 7) is 3.59. The van der Waals surface area contributed by atoms with Gasteiger partial charge in [-0.3, -0.25) is 4.79 Å². The highest BCUT2D eigenvalue weighted by atomic mass is 16.2. The van der Waals surface area contributed by atoms with Crippen molar-refractivity contribution in [1.82, 2.24) is 14.7 Å². The number of anilines is 2. The minimum atomic E-state index is -0.190. The molecule has 7 nitrogen and oxygen atoms in total. The van der Waals surface area contributed by atoms with Gasteiger partial charge in [0.25, 0.3) is 5.91 Å². The molecule has 2 aromatic carbocycles. The molecule has 2 heterocycles. The topological polar surface area (TPSA) is 79.3 Å². The highest BCUT2D eigenvalue weighted by Crippen LogP contribution is 2.17. The third-order valence-corrected chi connectivity index (χ3v) is 5.49. The summed E-state index contributed by atoms with van der Waals surface area (Å²) in [5, 5.41) is 10.1. The van der Waals surface area contributed by atoms with Crippen molar-refractivity contribution in [3.05, 3.63) is 72.1 Å². The molecule has 1 aliphatic rings. The first kappa shape index (κ1) is 20.7. The molecule has 0 bridgehead atoms. The van der Waals surface area contributed by atoms with Crippen LogP contribution in [0.15, 0.2) is 60.8 Å². The second-order valence-electron chi connectivity index (χ2n) is 7.79. The standard InChI is InChI=1S/C24H27N5O2/c1-18-14-15-25-29(18)22-12-6-19(7-13-22)23(30)26-20-8-10-21(11-9-20)27-24(31)28-16-4-2-3-5-17-28/h6-15H,2-5,16-17H2,1H3,(H,26,30)(H,27,31). The van der Waals surface area contributed by atoms with Crippen LogP contribution in [0.5, 0.6) is 0 Å². The summed E-state index contributed by atoms with van der Waals surface area (Å²) in [6.07, 6.45) is 6.23. The molecule has 0 radical (unpaired) electrons. The Morgan fingerprint density at radius 1 is 0.806 bits per heavy atom. The summed E-state index contributed by atoms with van der Waals surface area (Å²) in [6, 6.07) is 16.3. The summed E-state index contributed by atoms with van der Waals surface area (Å²) in [5.74, 6) is -0.190. The van der Waals surface area contributed by atoms with Crippen LogP contribution in [0, 0.1) is 6.92 Å². The minimum Gasteiger partial charge on any atom is -0.325 e. The fraction of sp³-hybridized carbons (Fsp3) is 0.292. The first-order chi connectivity index (χ1) is 15.1. The van der Waals surface area contributed by atoms with Crippen LogP contribution in [0.2, 0.25) is 0 Å². The molecule has 0 saturated carbocycles. The number of hydrogen-bond acceptors (Lipinski definition) is 3. The lowest BCUT2D eigenvalue weighted by Crippen LogP contribution is -2.35. The van der Waals surface area contributed by atoms with E-state index in [4.69, 9.17) is 0 Å². The van der Waals surface area contributed by atoms with E-state index in [2.05, 4.69) is 15.7 Å². The summed E-state index contributed by atoms with van der Waals surface area (Å²) >= 11 is 0. The SMILES string of the molecule is Cc1ccnn1-c1ccc(C(=O)Nc2ccc(NC(=O)N3CCCCCC3)cc2)cc1. The van der Waals surface area contributed by atoms with Crippen LogP contribution in [0.3, 0.4) is 0 Å². The van der Waals surface area contributed by atoms with Crippen molar-refractivity contribution in [2.75, 3.05) is 23.7 Å². The van der Waals surface area contributed by atoms with Gasteiger partial charge in [0.1, 0.15) is 0 Å². The van der Waals surface area contributed by atoms with Crippen LogP contribution >= 0.6 is 0 Å². The van der Waals surface area contributed by atoms with Crippen LogP contribution in [0.4, 0.5) is 16.2 Å². The molecule has 3 amide bonds. The number of nitrogens with one attached hydrogen (secondary N) is 2. The van der Waals surface area contributed by atoms with E-state index in [-0.39, 0.29) is 11.9 Å². The van der Waals surface area contributed by atoms with E-state index in [1.54, 1.807) is 42.6 Å². The zero-order valence-electron chi connectivity index (χ0n) is 17.7. The molecule has 0 spiro atoms. The number of likely N-dealkylation sites (tertiary alicyclic amines) is 1. The first-order valence-corrected chi connectivity index (χ1v) is 10.7. The predicted molar refractivity (Wildman–Crippen MR) is 122 cm³/mol. The normalized spacial score (nSPS) is 14.0. The second kappa shape index (κ2) is 9.47. The molecule has 3 aromatic rings. The van der Waals surface area contributed by atoms with Gasteiger partial charge < -0.3 is 15.5 Å². The molecule has 0 unspecified atom stereocenters. The largest absolute Gasteiger partial charge is 0.325 e. The maximum absolute atomic E-state index is 12.6. The van der Waals surface area contributed by atoms with E-state index in [1.807, 2.05) is 34.7 Å². The van der Waals surface area contributed by atoms with Gasteiger partial charge in [-0.1, -0.05) is 12.8 Å². The van der Waals surface area contributed by atoms with Crippen molar-refractivity contribution < 1.29 is 9.59 Å². The Hall–Kier alpha value is -3.61. The monoisotopic (exact) mass is 417 g/mol. The van der Waals surface area contributed by atoms with E-state index in [0.717, 1.165) is 37.3 Å². The average Bonchev–Trinajstić information content (AvgIpc) is 3.03. The lowest BCUT2D eigenvalue weighted by atomic mass is 10.2. The summed E-state index contributed by atoms with van der Waals surface area (Å²) < 4.78 is 1.82. The van der Waals surface area contributed by atoms with Gasteiger partial charge in [-0.2, -0.15) is 5.10 Å². The van der Waals surface area contributed by atoms with E-state index in [9.17, 15) is 9.59 Å². The molecule has 7 heteroatoms. The van der Waals surface area contributed by atoms with Crippen molar-refractivity contribution in [3.8, 4) is 5.69 Å². The lowest BCUT2D eigenvalue weighted by Gasteiger charge is -2.20. The van der Waals surface area contributed by atoms with Crippen LogP contribution in [-0.2, 0) is 0 Å². The van der Waals surface area contributed by atoms with Gasteiger partial charge in [0.05, 0.1) is 5.69 Å². The zero-order chi connectivity index (χ0) is 21.6. The Kier molecular flexibility index (Phi) is 6.31. The van der Waals surface area contributed by atoms with Gasteiger partial charge in [0, 0.05) is 41.9 Å². The summed E-state index contributed by atoms with van der Waals surface area (Å²) in [7, 11) is 0. The molecule has 1 saturated heterocycles. The molecule has 1 fully saturated rings. The molecule has 4 rings (SSSR count). The van der Waals surface area contributed by atoms with Gasteiger partial charge >= 0.3 is 6.03 Å². The fourth-order valence-corrected chi connectivity index (χ4v) is 3.71. The van der Waals surface area contributed by atoms with E-state index in [0.29, 0.717) is 16.9 Å². The molecule has 0 atom stereocenters. The number of nitrogens with zero attached hydrogens (tertiary/aromatic N) is 3. The zero-order valence-corrected chi connectivity index (χ0v) is 17.7. The highest BCUT2D eigenvalue weighted by Gasteiger charge is 2.15. The van der Waals surface area contributed by atoms with E-state index >= 15 is 0 Å². The molecule has 160 valence electrons. The third kappa shape index (κ3) is 5.12. The Balaban J connectivity index is 1.34. The number of rotatable bonds is 4. The van der Waals surface area contributed by atoms with Crippen molar-refractivity contribution >= 4 is 23.3 Å². The number of hydrogen-bond donors (Lipinski definition) is 2. The van der Waals surface area contributed by atoms with Crippen molar-refractivity contribution in [2.24, 2.45) is 0 Å². The van der Waals surface area contributed by atoms with Crippen LogP contribution < -0.4 is 10.6 Å². The van der Waals surface area contributed by atoms with Crippen molar-refractivity contribution in [3.63, 3.8) is 0 Å². The van der Waals surface area contributed by atoms with E-state index < -0.39 is 0 Å². The second-order valence-corrected chi connectivity index (χ2v) is 7.79. The molecule has 1 aliphatic heterocycles. The van der Waals surface area contributed by atoms with Gasteiger partial charge in [0.15, 0.2) is 0 Å². The maximum atomic E-state index is 12.6. The number of amides is 3. The summed E-state index contributed by atoms with van der Waals surface area (Å²) in [5.41, 5.74) is 3.88. The van der Waals surface area contributed by atoms with Gasteiger partial charge in [0.2, 0.25) is 0 Å². The molecule has 0 aliphatic carbocycles. The number of carbonyl (C=O) groups is 2. The maximum Gasteiger partial charge on any atom is 0.321 e. The average molecular weight is 418 g/mol. The molecule has 31 heavy (non-hydrogen) atoms. The highest BCUT2D eigenvalue weighted by molar-refractivity contribution is 6.04. The number of aromatic nitrogens is 2. The Bertz CT molecular complexity index is 1030. The third-order valence-electron chi connectivity index (χ3n) is 5.49. The molecular weight excluding hydrogens is 390 g/mol. The minimum absolute atomic E-state index is 0.0637. The van der Waals surface area contributed by atoms with Gasteiger partial charge in [-0.15, -0.1) is 0 Å². The van der Waals surface area contributed by atoms with Crippen molar-refractivity contribution in [1.29, 1.82) is 0 Å². The van der Waals surface area contributed by atoms with Crippen molar-refractivity contribution in [2.45, 2.75) is 32.6 Å². The Morgan fingerprint density at radius 3 is 2.00 bits per heavy atom. The number of carbonyl (C=O) groups excluding carboxylic acids is 2. The predicted octanol–water partition coefficient (Wildman–Crippen LogP) is 4.84. The fourth-order valence-electron chi connectivity index (χ4n) is 3.71. The molecule has 2 N–H and O–H groups in total. The molecule has 1 aromatic heterocycles. The summed E-state index contributed by atoms with van der Waals surface area (Å²) in [4.78, 5) is 26.9. The van der Waals surface area contributed by atoms with Crippen LogP contribution in [0.1, 0.15) is 41.7 Å². The van der Waals surface area contributed by atoms with Crippen LogP contribution in [0.25, 0.3) is 5.69 Å². The molecular formula is C24H27N5O2.